The van der Waals surface area contributed by atoms with Crippen molar-refractivity contribution in [2.24, 2.45) is 4.99 Å². The maximum Gasteiger partial charge on any atom is 0.328 e. The predicted octanol–water partition coefficient (Wildman–Crippen LogP) is 1.70. The molecule has 0 spiro atoms. The van der Waals surface area contributed by atoms with Gasteiger partial charge in [0.05, 0.1) is 6.54 Å². The van der Waals surface area contributed by atoms with Crippen LogP contribution in [-0.4, -0.2) is 75.0 Å². The first kappa shape index (κ1) is 19.4. The summed E-state index contributed by atoms with van der Waals surface area (Å²) >= 11 is 0. The number of hydrogen-bond donors (Lipinski definition) is 1. The van der Waals surface area contributed by atoms with Crippen molar-refractivity contribution in [3.8, 4) is 0 Å². The summed E-state index contributed by atoms with van der Waals surface area (Å²) in [5.41, 5.74) is 3.98. The van der Waals surface area contributed by atoms with Gasteiger partial charge >= 0.3 is 6.03 Å². The number of aliphatic hydroxyl groups excluding tert-OH is 1. The van der Waals surface area contributed by atoms with Crippen molar-refractivity contribution in [2.45, 2.75) is 45.9 Å². The quantitative estimate of drug-likeness (QED) is 0.818. The SMILES string of the molecule is CC1=C(C)N2C(=NC3C2C(=O)N(Cc2ccccc2C)C(=O)N3C)N1CCCO. The highest BCUT2D eigenvalue weighted by Gasteiger charge is 2.55. The molecule has 3 aliphatic heterocycles. The van der Waals surface area contributed by atoms with Gasteiger partial charge in [-0.1, -0.05) is 24.3 Å². The maximum atomic E-state index is 13.5. The van der Waals surface area contributed by atoms with Gasteiger partial charge < -0.3 is 14.9 Å². The largest absolute Gasteiger partial charge is 0.396 e. The van der Waals surface area contributed by atoms with E-state index in [1.807, 2.05) is 54.8 Å². The van der Waals surface area contributed by atoms with Gasteiger partial charge in [0.25, 0.3) is 5.91 Å². The average molecular weight is 397 g/mol. The number of allylic oxidation sites excluding steroid dienone is 2. The van der Waals surface area contributed by atoms with Crippen LogP contribution in [0.15, 0.2) is 40.7 Å². The second-order valence-corrected chi connectivity index (χ2v) is 7.80. The van der Waals surface area contributed by atoms with Gasteiger partial charge in [0.15, 0.2) is 12.2 Å². The Morgan fingerprint density at radius 1 is 1.07 bits per heavy atom. The number of carbonyl (C=O) groups excluding carboxylic acids is 2. The highest BCUT2D eigenvalue weighted by atomic mass is 16.3. The Morgan fingerprint density at radius 2 is 1.79 bits per heavy atom. The molecule has 3 heterocycles. The van der Waals surface area contributed by atoms with Crippen LogP contribution >= 0.6 is 0 Å². The second-order valence-electron chi connectivity index (χ2n) is 7.80. The van der Waals surface area contributed by atoms with E-state index in [4.69, 9.17) is 4.99 Å². The molecule has 1 fully saturated rings. The van der Waals surface area contributed by atoms with Gasteiger partial charge in [-0.05, 0) is 38.3 Å². The minimum atomic E-state index is -0.564. The molecule has 1 saturated heterocycles. The zero-order valence-electron chi connectivity index (χ0n) is 17.3. The fraction of sp³-hybridized carbons (Fsp3) is 0.476. The lowest BCUT2D eigenvalue weighted by Crippen LogP contribution is -2.64. The minimum Gasteiger partial charge on any atom is -0.396 e. The third kappa shape index (κ3) is 2.90. The highest BCUT2D eigenvalue weighted by molar-refractivity contribution is 6.05. The molecule has 4 rings (SSSR count). The van der Waals surface area contributed by atoms with Gasteiger partial charge in [-0.15, -0.1) is 0 Å². The lowest BCUT2D eigenvalue weighted by molar-refractivity contribution is -0.137. The molecule has 154 valence electrons. The minimum absolute atomic E-state index is 0.0878. The summed E-state index contributed by atoms with van der Waals surface area (Å²) in [5, 5.41) is 9.23. The van der Waals surface area contributed by atoms with Gasteiger partial charge in [0.1, 0.15) is 0 Å². The molecule has 3 amide bonds. The number of imide groups is 1. The van der Waals surface area contributed by atoms with Crippen LogP contribution < -0.4 is 0 Å². The molecule has 0 bridgehead atoms. The molecule has 2 unspecified atom stereocenters. The topological polar surface area (TPSA) is 79.7 Å². The number of aryl methyl sites for hydroxylation is 1. The van der Waals surface area contributed by atoms with E-state index in [2.05, 4.69) is 0 Å². The number of carbonyl (C=O) groups is 2. The lowest BCUT2D eigenvalue weighted by Gasteiger charge is -2.41. The van der Waals surface area contributed by atoms with E-state index in [1.165, 1.54) is 4.90 Å². The van der Waals surface area contributed by atoms with Crippen LogP contribution in [0.2, 0.25) is 0 Å². The van der Waals surface area contributed by atoms with Crippen molar-refractivity contribution in [2.75, 3.05) is 20.2 Å². The van der Waals surface area contributed by atoms with E-state index in [1.54, 1.807) is 11.9 Å². The van der Waals surface area contributed by atoms with E-state index in [0.717, 1.165) is 22.5 Å². The van der Waals surface area contributed by atoms with Gasteiger partial charge in [0.2, 0.25) is 5.96 Å². The lowest BCUT2D eigenvalue weighted by atomic mass is 10.1. The van der Waals surface area contributed by atoms with Crippen LogP contribution in [-0.2, 0) is 11.3 Å². The van der Waals surface area contributed by atoms with Crippen molar-refractivity contribution in [3.63, 3.8) is 0 Å². The number of rotatable bonds is 5. The smallest absolute Gasteiger partial charge is 0.328 e. The summed E-state index contributed by atoms with van der Waals surface area (Å²) in [6.45, 7) is 6.90. The van der Waals surface area contributed by atoms with Gasteiger partial charge in [-0.2, -0.15) is 0 Å². The molecule has 8 heteroatoms. The van der Waals surface area contributed by atoms with Gasteiger partial charge in [0, 0.05) is 31.6 Å². The van der Waals surface area contributed by atoms with Gasteiger partial charge in [-0.3, -0.25) is 14.6 Å². The average Bonchev–Trinajstić information content (AvgIpc) is 3.20. The zero-order valence-corrected chi connectivity index (χ0v) is 17.3. The Hall–Kier alpha value is -2.87. The Labute approximate surface area is 170 Å². The summed E-state index contributed by atoms with van der Waals surface area (Å²) in [6.07, 6.45) is 0.0624. The van der Waals surface area contributed by atoms with Crippen LogP contribution in [0.25, 0.3) is 0 Å². The van der Waals surface area contributed by atoms with Crippen LogP contribution in [0.4, 0.5) is 4.79 Å². The van der Waals surface area contributed by atoms with E-state index in [9.17, 15) is 14.7 Å². The first-order chi connectivity index (χ1) is 13.9. The number of likely N-dealkylation sites (N-methyl/N-ethyl adjacent to an activating group) is 1. The van der Waals surface area contributed by atoms with Gasteiger partial charge in [-0.25, -0.2) is 9.79 Å². The van der Waals surface area contributed by atoms with Crippen molar-refractivity contribution >= 4 is 17.9 Å². The molecule has 2 atom stereocenters. The number of nitrogens with zero attached hydrogens (tertiary/aromatic N) is 5. The molecular weight excluding hydrogens is 370 g/mol. The number of fused-ring (bicyclic) bond motifs is 3. The van der Waals surface area contributed by atoms with E-state index in [-0.39, 0.29) is 25.1 Å². The molecule has 1 aromatic carbocycles. The fourth-order valence-corrected chi connectivity index (χ4v) is 4.28. The Bertz CT molecular complexity index is 925. The van der Waals surface area contributed by atoms with E-state index < -0.39 is 12.2 Å². The number of aliphatic imine (C=N–C) groups is 1. The number of benzene rings is 1. The molecule has 0 saturated carbocycles. The van der Waals surface area contributed by atoms with Crippen molar-refractivity contribution < 1.29 is 14.7 Å². The number of hydrogen-bond acceptors (Lipinski definition) is 6. The fourth-order valence-electron chi connectivity index (χ4n) is 4.28. The van der Waals surface area contributed by atoms with Crippen molar-refractivity contribution in [1.82, 2.24) is 19.6 Å². The van der Waals surface area contributed by atoms with Crippen molar-refractivity contribution in [1.29, 1.82) is 0 Å². The highest BCUT2D eigenvalue weighted by Crippen LogP contribution is 2.38. The van der Waals surface area contributed by atoms with Crippen LogP contribution in [0.3, 0.4) is 0 Å². The number of amides is 3. The van der Waals surface area contributed by atoms with Crippen LogP contribution in [0.5, 0.6) is 0 Å². The molecule has 1 aromatic rings. The summed E-state index contributed by atoms with van der Waals surface area (Å²) in [6, 6.07) is 6.89. The molecule has 0 aliphatic carbocycles. The Kier molecular flexibility index (Phi) is 4.82. The molecular formula is C21H27N5O3. The monoisotopic (exact) mass is 397 g/mol. The third-order valence-electron chi connectivity index (χ3n) is 6.13. The van der Waals surface area contributed by atoms with Crippen molar-refractivity contribution in [3.05, 3.63) is 46.8 Å². The zero-order chi connectivity index (χ0) is 20.9. The normalized spacial score (nSPS) is 23.8. The first-order valence-corrected chi connectivity index (χ1v) is 9.92. The molecule has 29 heavy (non-hydrogen) atoms. The molecule has 0 aromatic heterocycles. The summed E-state index contributed by atoms with van der Waals surface area (Å²) < 4.78 is 0. The van der Waals surface area contributed by atoms with Crippen LogP contribution in [0.1, 0.15) is 31.4 Å². The third-order valence-corrected chi connectivity index (χ3v) is 6.13. The number of aliphatic hydroxyl groups is 1. The first-order valence-electron chi connectivity index (χ1n) is 9.92. The molecule has 8 nitrogen and oxygen atoms in total. The molecule has 0 radical (unpaired) electrons. The molecule has 1 N–H and O–H groups in total. The second kappa shape index (κ2) is 7.18. The van der Waals surface area contributed by atoms with Crippen LogP contribution in [0, 0.1) is 6.92 Å². The molecule has 3 aliphatic rings. The van der Waals surface area contributed by atoms with E-state index in [0.29, 0.717) is 18.9 Å². The van der Waals surface area contributed by atoms with E-state index >= 15 is 0 Å². The summed E-state index contributed by atoms with van der Waals surface area (Å²) in [4.78, 5) is 38.1. The Morgan fingerprint density at radius 3 is 2.48 bits per heavy atom. The number of guanidine groups is 1. The maximum absolute atomic E-state index is 13.5. The summed E-state index contributed by atoms with van der Waals surface area (Å²) in [5.74, 6) is 0.463. The number of urea groups is 1. The summed E-state index contributed by atoms with van der Waals surface area (Å²) in [7, 11) is 1.70. The Balaban J connectivity index is 1.66. The predicted molar refractivity (Wildman–Crippen MR) is 109 cm³/mol. The standard InChI is InChI=1S/C21H27N5O3/c1-13-8-5-6-9-16(13)12-25-19(28)17-18(23(4)21(25)29)22-20-24(10-7-11-27)14(2)15(3)26(17)20/h5-6,8-9,17-18,27H,7,10-12H2,1-4H3.